The standard InChI is InChI=1S/C38H36N2O6/c1-3-40-33-19-16-26(36(42)25-11-5-4-6-12-25)22-30(33)31-23-27(17-20-34(31)40)37(43)32(18-21-35(41)45-2)39-46-38(44)29-15-9-13-24-10-7-8-14-28(24)29/h7-10,13-17,19-20,22-23,25H,3-6,11-12,18,21H2,1-2H3/b39-32-. The molecule has 1 heterocycles. The molecule has 0 aliphatic heterocycles. The van der Waals surface area contributed by atoms with Crippen molar-refractivity contribution in [2.45, 2.75) is 58.4 Å². The van der Waals surface area contributed by atoms with Crippen molar-refractivity contribution in [1.82, 2.24) is 4.57 Å². The quantitative estimate of drug-likeness (QED) is 0.0517. The number of ketones is 2. The number of hydrogen-bond acceptors (Lipinski definition) is 7. The second-order valence-corrected chi connectivity index (χ2v) is 11.8. The molecule has 5 aromatic rings. The minimum atomic E-state index is -0.711. The van der Waals surface area contributed by atoms with Crippen molar-refractivity contribution in [2.75, 3.05) is 7.11 Å². The number of oxime groups is 1. The van der Waals surface area contributed by atoms with Crippen LogP contribution in [0.25, 0.3) is 32.6 Å². The van der Waals surface area contributed by atoms with Gasteiger partial charge >= 0.3 is 11.9 Å². The van der Waals surface area contributed by atoms with E-state index in [-0.39, 0.29) is 30.3 Å². The first kappa shape index (κ1) is 30.9. The van der Waals surface area contributed by atoms with E-state index in [1.807, 2.05) is 54.6 Å². The second kappa shape index (κ2) is 13.5. The maximum Gasteiger partial charge on any atom is 0.366 e. The Morgan fingerprint density at radius 1 is 0.783 bits per heavy atom. The van der Waals surface area contributed by atoms with E-state index in [0.717, 1.165) is 52.9 Å². The maximum absolute atomic E-state index is 13.9. The van der Waals surface area contributed by atoms with Crippen LogP contribution in [0.1, 0.15) is 82.9 Å². The molecule has 0 bridgehead atoms. The normalized spacial score (nSPS) is 14.1. The van der Waals surface area contributed by atoms with Crippen LogP contribution in [-0.2, 0) is 20.9 Å². The Kier molecular flexibility index (Phi) is 9.06. The maximum atomic E-state index is 13.9. The van der Waals surface area contributed by atoms with E-state index < -0.39 is 17.7 Å². The number of methoxy groups -OCH3 is 1. The lowest BCUT2D eigenvalue weighted by Gasteiger charge is -2.20. The van der Waals surface area contributed by atoms with Gasteiger partial charge in [-0.05, 0) is 73.0 Å². The van der Waals surface area contributed by atoms with Crippen molar-refractivity contribution in [3.05, 3.63) is 95.6 Å². The molecule has 8 heteroatoms. The summed E-state index contributed by atoms with van der Waals surface area (Å²) in [4.78, 5) is 57.8. The van der Waals surface area contributed by atoms with Crippen molar-refractivity contribution in [1.29, 1.82) is 0 Å². The van der Waals surface area contributed by atoms with Crippen LogP contribution >= 0.6 is 0 Å². The van der Waals surface area contributed by atoms with Gasteiger partial charge < -0.3 is 14.1 Å². The average molecular weight is 617 g/mol. The molecule has 1 aromatic heterocycles. The van der Waals surface area contributed by atoms with Crippen LogP contribution in [0.3, 0.4) is 0 Å². The van der Waals surface area contributed by atoms with Crippen molar-refractivity contribution < 1.29 is 28.8 Å². The van der Waals surface area contributed by atoms with Gasteiger partial charge in [-0.15, -0.1) is 0 Å². The van der Waals surface area contributed by atoms with Gasteiger partial charge in [0.15, 0.2) is 5.78 Å². The van der Waals surface area contributed by atoms with Crippen molar-refractivity contribution >= 4 is 61.8 Å². The highest BCUT2D eigenvalue weighted by Gasteiger charge is 2.24. The molecule has 0 unspecified atom stereocenters. The number of fused-ring (bicyclic) bond motifs is 4. The van der Waals surface area contributed by atoms with E-state index in [0.29, 0.717) is 28.6 Å². The number of carbonyl (C=O) groups is 4. The summed E-state index contributed by atoms with van der Waals surface area (Å²) in [5.74, 6) is -1.47. The van der Waals surface area contributed by atoms with Crippen molar-refractivity contribution in [3.8, 4) is 0 Å². The zero-order valence-corrected chi connectivity index (χ0v) is 26.1. The van der Waals surface area contributed by atoms with Crippen LogP contribution in [-0.4, -0.2) is 40.9 Å². The third-order valence-electron chi connectivity index (χ3n) is 9.01. The summed E-state index contributed by atoms with van der Waals surface area (Å²) in [5, 5.41) is 7.30. The van der Waals surface area contributed by atoms with Gasteiger partial charge in [0.1, 0.15) is 5.71 Å². The molecule has 0 spiro atoms. The lowest BCUT2D eigenvalue weighted by atomic mass is 9.83. The monoisotopic (exact) mass is 616 g/mol. The van der Waals surface area contributed by atoms with Gasteiger partial charge in [-0.25, -0.2) is 4.79 Å². The number of esters is 1. The highest BCUT2D eigenvalue weighted by molar-refractivity contribution is 6.46. The fraction of sp³-hybridized carbons (Fsp3) is 0.289. The fourth-order valence-electron chi connectivity index (χ4n) is 6.58. The first-order valence-electron chi connectivity index (χ1n) is 15.9. The minimum Gasteiger partial charge on any atom is -0.469 e. The lowest BCUT2D eigenvalue weighted by molar-refractivity contribution is -0.140. The average Bonchev–Trinajstić information content (AvgIpc) is 3.43. The first-order valence-corrected chi connectivity index (χ1v) is 15.9. The molecule has 8 nitrogen and oxygen atoms in total. The zero-order chi connectivity index (χ0) is 32.2. The van der Waals surface area contributed by atoms with Crippen LogP contribution in [0.5, 0.6) is 0 Å². The summed E-state index contributed by atoms with van der Waals surface area (Å²) in [6.07, 6.45) is 4.99. The van der Waals surface area contributed by atoms with E-state index >= 15 is 0 Å². The Bertz CT molecular complexity index is 2010. The summed E-state index contributed by atoms with van der Waals surface area (Å²) in [5.41, 5.74) is 3.17. The van der Waals surface area contributed by atoms with Crippen LogP contribution in [0.4, 0.5) is 0 Å². The van der Waals surface area contributed by atoms with Crippen LogP contribution < -0.4 is 0 Å². The molecule has 1 aliphatic rings. The smallest absolute Gasteiger partial charge is 0.366 e. The predicted molar refractivity (Wildman–Crippen MR) is 178 cm³/mol. The van der Waals surface area contributed by atoms with Gasteiger partial charge in [0.2, 0.25) is 5.78 Å². The van der Waals surface area contributed by atoms with Gasteiger partial charge in [-0.2, -0.15) is 0 Å². The molecular weight excluding hydrogens is 580 g/mol. The Hall–Kier alpha value is -5.11. The third-order valence-corrected chi connectivity index (χ3v) is 9.01. The Balaban J connectivity index is 1.36. The molecule has 0 N–H and O–H groups in total. The lowest BCUT2D eigenvalue weighted by Crippen LogP contribution is -2.18. The molecule has 4 aromatic carbocycles. The first-order chi connectivity index (χ1) is 22.4. The summed E-state index contributed by atoms with van der Waals surface area (Å²) in [7, 11) is 1.27. The number of hydrogen-bond donors (Lipinski definition) is 0. The van der Waals surface area contributed by atoms with E-state index in [9.17, 15) is 19.2 Å². The predicted octanol–water partition coefficient (Wildman–Crippen LogP) is 8.08. The molecule has 1 saturated carbocycles. The molecule has 1 fully saturated rings. The van der Waals surface area contributed by atoms with Crippen LogP contribution in [0.2, 0.25) is 0 Å². The zero-order valence-electron chi connectivity index (χ0n) is 26.1. The van der Waals surface area contributed by atoms with Gasteiger partial charge in [0, 0.05) is 51.8 Å². The fourth-order valence-corrected chi connectivity index (χ4v) is 6.58. The largest absolute Gasteiger partial charge is 0.469 e. The molecule has 0 saturated heterocycles. The molecule has 0 amide bonds. The Labute approximate surface area is 267 Å². The Morgan fingerprint density at radius 3 is 2.17 bits per heavy atom. The number of Topliss-reactive ketones (excluding diaryl/α,β-unsaturated/α-hetero) is 2. The van der Waals surface area contributed by atoms with Gasteiger partial charge in [-0.3, -0.25) is 14.4 Å². The molecule has 0 atom stereocenters. The summed E-state index contributed by atoms with van der Waals surface area (Å²) < 4.78 is 6.94. The van der Waals surface area contributed by atoms with E-state index in [4.69, 9.17) is 9.57 Å². The number of nitrogens with zero attached hydrogens (tertiary/aromatic N) is 2. The van der Waals surface area contributed by atoms with E-state index in [2.05, 4.69) is 16.6 Å². The molecule has 1 aliphatic carbocycles. The number of ether oxygens (including phenoxy) is 1. The minimum absolute atomic E-state index is 0.0491. The number of rotatable bonds is 10. The van der Waals surface area contributed by atoms with E-state index in [1.54, 1.807) is 24.3 Å². The number of benzene rings is 4. The summed E-state index contributed by atoms with van der Waals surface area (Å²) in [6.45, 7) is 2.76. The number of carbonyl (C=O) groups excluding carboxylic acids is 4. The molecular formula is C38H36N2O6. The molecule has 0 radical (unpaired) electrons. The van der Waals surface area contributed by atoms with Crippen LogP contribution in [0.15, 0.2) is 84.0 Å². The Morgan fingerprint density at radius 2 is 1.46 bits per heavy atom. The van der Waals surface area contributed by atoms with Gasteiger partial charge in [-0.1, -0.05) is 60.8 Å². The second-order valence-electron chi connectivity index (χ2n) is 11.8. The SMILES string of the molecule is CCn1c2ccc(C(=O)/C(CCC(=O)OC)=N\OC(=O)c3cccc4ccccc34)cc2c2cc(C(=O)C3CCCCC3)ccc21. The highest BCUT2D eigenvalue weighted by atomic mass is 16.7. The van der Waals surface area contributed by atoms with E-state index in [1.165, 1.54) is 13.5 Å². The third kappa shape index (κ3) is 6.07. The van der Waals surface area contributed by atoms with Gasteiger partial charge in [0.25, 0.3) is 0 Å². The highest BCUT2D eigenvalue weighted by Crippen LogP contribution is 2.33. The van der Waals surface area contributed by atoms with Crippen LogP contribution in [0, 0.1) is 5.92 Å². The summed E-state index contributed by atoms with van der Waals surface area (Å²) >= 11 is 0. The number of aryl methyl sites for hydroxylation is 1. The molecule has 6 rings (SSSR count). The van der Waals surface area contributed by atoms with Crippen molar-refractivity contribution in [2.24, 2.45) is 11.1 Å². The number of aromatic nitrogens is 1. The summed E-state index contributed by atoms with van der Waals surface area (Å²) in [6, 6.07) is 23.9. The molecule has 46 heavy (non-hydrogen) atoms. The molecule has 234 valence electrons. The van der Waals surface area contributed by atoms with Gasteiger partial charge in [0.05, 0.1) is 19.1 Å². The topological polar surface area (TPSA) is 104 Å². The van der Waals surface area contributed by atoms with Crippen molar-refractivity contribution in [3.63, 3.8) is 0 Å².